The molecule has 5 nitrogen and oxygen atoms in total. The van der Waals surface area contributed by atoms with Gasteiger partial charge < -0.3 is 4.90 Å². The number of aromatic nitrogens is 1. The second kappa shape index (κ2) is 7.66. The Balaban J connectivity index is 1.57. The molecular weight excluding hydrogens is 370 g/mol. The first kappa shape index (κ1) is 19.1. The van der Waals surface area contributed by atoms with Crippen LogP contribution in [0.2, 0.25) is 0 Å². The van der Waals surface area contributed by atoms with Crippen LogP contribution in [0.1, 0.15) is 45.1 Å². The zero-order valence-corrected chi connectivity index (χ0v) is 17.6. The molecule has 0 N–H and O–H groups in total. The van der Waals surface area contributed by atoms with Crippen LogP contribution in [0, 0.1) is 11.8 Å². The highest BCUT2D eigenvalue weighted by Gasteiger charge is 2.35. The number of hydrogen-bond donors (Lipinski definition) is 0. The lowest BCUT2D eigenvalue weighted by atomic mass is 9.98. The van der Waals surface area contributed by atoms with Crippen molar-refractivity contribution in [2.45, 2.75) is 46.0 Å². The molecule has 0 bridgehead atoms. The van der Waals surface area contributed by atoms with Gasteiger partial charge in [0.1, 0.15) is 0 Å². The van der Waals surface area contributed by atoms with Crippen LogP contribution in [0.4, 0.5) is 10.8 Å². The van der Waals surface area contributed by atoms with E-state index in [1.54, 1.807) is 11.9 Å². The number of nitrogens with zero attached hydrogens (tertiary/aromatic N) is 3. The van der Waals surface area contributed by atoms with Gasteiger partial charge in [-0.2, -0.15) is 0 Å². The van der Waals surface area contributed by atoms with Gasteiger partial charge in [-0.25, -0.2) is 4.98 Å². The third-order valence-corrected chi connectivity index (χ3v) is 6.75. The van der Waals surface area contributed by atoms with Gasteiger partial charge in [0.15, 0.2) is 5.13 Å². The van der Waals surface area contributed by atoms with Crippen LogP contribution in [0.5, 0.6) is 0 Å². The fraction of sp³-hybridized carbons (Fsp3) is 0.500. The number of carbonyl (C=O) groups excluding carboxylic acids is 2. The number of aryl methyl sites for hydroxylation is 1. The van der Waals surface area contributed by atoms with Gasteiger partial charge in [-0.3, -0.25) is 14.5 Å². The van der Waals surface area contributed by atoms with Gasteiger partial charge in [0.2, 0.25) is 11.8 Å². The van der Waals surface area contributed by atoms with E-state index in [9.17, 15) is 9.59 Å². The topological polar surface area (TPSA) is 53.5 Å². The molecule has 1 aromatic heterocycles. The van der Waals surface area contributed by atoms with Crippen molar-refractivity contribution in [3.63, 3.8) is 0 Å². The molecule has 1 aliphatic heterocycles. The Morgan fingerprint density at radius 2 is 2.14 bits per heavy atom. The largest absolute Gasteiger partial charge is 0.312 e. The van der Waals surface area contributed by atoms with E-state index >= 15 is 0 Å². The molecule has 1 aromatic carbocycles. The zero-order valence-electron chi connectivity index (χ0n) is 16.8. The molecule has 28 heavy (non-hydrogen) atoms. The fourth-order valence-corrected chi connectivity index (χ4v) is 4.49. The highest BCUT2D eigenvalue weighted by molar-refractivity contribution is 7.14. The van der Waals surface area contributed by atoms with E-state index in [1.807, 2.05) is 30.2 Å². The minimum Gasteiger partial charge on any atom is -0.312 e. The van der Waals surface area contributed by atoms with Crippen molar-refractivity contribution in [3.8, 4) is 11.3 Å². The van der Waals surface area contributed by atoms with Crippen molar-refractivity contribution in [2.75, 3.05) is 23.4 Å². The van der Waals surface area contributed by atoms with Crippen molar-refractivity contribution < 1.29 is 9.59 Å². The number of hydrogen-bond acceptors (Lipinski definition) is 4. The molecule has 0 spiro atoms. The standard InChI is InChI=1S/C22H27N3O2S/c1-4-14(2)20(26)24(3)22-23-18(13-28-22)16-9-10-19-17(12-16)6-5-11-25(19)21(27)15-7-8-15/h9-10,12-15H,4-8,11H2,1-3H3/t14-/m0/s1. The first-order valence-corrected chi connectivity index (χ1v) is 11.0. The predicted molar refractivity (Wildman–Crippen MR) is 114 cm³/mol. The molecule has 148 valence electrons. The Morgan fingerprint density at radius 3 is 2.86 bits per heavy atom. The SMILES string of the molecule is CC[C@H](C)C(=O)N(C)c1nc(-c2ccc3c(c2)CCCN3C(=O)C2CC2)cs1. The number of thiazole rings is 1. The maximum Gasteiger partial charge on any atom is 0.231 e. The van der Waals surface area contributed by atoms with Gasteiger partial charge in [-0.1, -0.05) is 19.9 Å². The van der Waals surface area contributed by atoms with E-state index in [0.717, 1.165) is 60.7 Å². The number of fused-ring (bicyclic) bond motifs is 1. The number of amides is 2. The second-order valence-electron chi connectivity index (χ2n) is 7.93. The zero-order chi connectivity index (χ0) is 19.8. The van der Waals surface area contributed by atoms with Crippen LogP contribution >= 0.6 is 11.3 Å². The Labute approximate surface area is 170 Å². The third kappa shape index (κ3) is 3.58. The summed E-state index contributed by atoms with van der Waals surface area (Å²) in [6, 6.07) is 6.28. The fourth-order valence-electron chi connectivity index (χ4n) is 3.69. The third-order valence-electron chi connectivity index (χ3n) is 5.83. The first-order chi connectivity index (χ1) is 13.5. The molecule has 2 amide bonds. The number of anilines is 2. The summed E-state index contributed by atoms with van der Waals surface area (Å²) < 4.78 is 0. The van der Waals surface area contributed by atoms with Gasteiger partial charge >= 0.3 is 0 Å². The summed E-state index contributed by atoms with van der Waals surface area (Å²) >= 11 is 1.49. The Kier molecular flexibility index (Phi) is 5.23. The molecular formula is C22H27N3O2S. The number of rotatable bonds is 5. The van der Waals surface area contributed by atoms with Crippen molar-refractivity contribution in [1.29, 1.82) is 0 Å². The normalized spacial score (nSPS) is 17.2. The lowest BCUT2D eigenvalue weighted by Crippen LogP contribution is -2.36. The Bertz CT molecular complexity index is 903. The van der Waals surface area contributed by atoms with E-state index < -0.39 is 0 Å². The van der Waals surface area contributed by atoms with Crippen LogP contribution in [-0.4, -0.2) is 30.4 Å². The first-order valence-electron chi connectivity index (χ1n) is 10.2. The lowest BCUT2D eigenvalue weighted by Gasteiger charge is -2.30. The van der Waals surface area contributed by atoms with E-state index in [0.29, 0.717) is 0 Å². The lowest BCUT2D eigenvalue weighted by molar-refractivity contribution is -0.121. The van der Waals surface area contributed by atoms with Gasteiger partial charge in [0.25, 0.3) is 0 Å². The monoisotopic (exact) mass is 397 g/mol. The molecule has 0 saturated heterocycles. The minimum atomic E-state index is -0.00363. The molecule has 2 aromatic rings. The van der Waals surface area contributed by atoms with Crippen LogP contribution in [0.25, 0.3) is 11.3 Å². The molecule has 1 saturated carbocycles. The quantitative estimate of drug-likeness (QED) is 0.746. The van der Waals surface area contributed by atoms with Crippen LogP contribution in [0.15, 0.2) is 23.6 Å². The molecule has 0 unspecified atom stereocenters. The molecule has 4 rings (SSSR count). The molecule has 2 aliphatic rings. The van der Waals surface area contributed by atoms with Crippen LogP contribution < -0.4 is 9.80 Å². The number of carbonyl (C=O) groups is 2. The van der Waals surface area contributed by atoms with Crippen LogP contribution in [0.3, 0.4) is 0 Å². The van der Waals surface area contributed by atoms with Crippen LogP contribution in [-0.2, 0) is 16.0 Å². The van der Waals surface area contributed by atoms with Gasteiger partial charge in [-0.15, -0.1) is 11.3 Å². The second-order valence-corrected chi connectivity index (χ2v) is 8.77. The Hall–Kier alpha value is -2.21. The molecule has 0 radical (unpaired) electrons. The summed E-state index contributed by atoms with van der Waals surface area (Å²) in [6.07, 6.45) is 4.88. The number of benzene rings is 1. The van der Waals surface area contributed by atoms with Crippen molar-refractivity contribution >= 4 is 34.0 Å². The van der Waals surface area contributed by atoms with E-state index in [4.69, 9.17) is 4.98 Å². The predicted octanol–water partition coefficient (Wildman–Crippen LogP) is 4.51. The highest BCUT2D eigenvalue weighted by atomic mass is 32.1. The Morgan fingerprint density at radius 1 is 1.36 bits per heavy atom. The van der Waals surface area contributed by atoms with Gasteiger partial charge in [0, 0.05) is 42.1 Å². The van der Waals surface area contributed by atoms with Crippen molar-refractivity contribution in [1.82, 2.24) is 4.98 Å². The summed E-state index contributed by atoms with van der Waals surface area (Å²) in [5.41, 5.74) is 4.21. The van der Waals surface area contributed by atoms with Gasteiger partial charge in [-0.05, 0) is 49.8 Å². The van der Waals surface area contributed by atoms with Crippen molar-refractivity contribution in [2.24, 2.45) is 11.8 Å². The summed E-state index contributed by atoms with van der Waals surface area (Å²) in [6.45, 7) is 4.80. The summed E-state index contributed by atoms with van der Waals surface area (Å²) in [7, 11) is 1.80. The molecule has 2 heterocycles. The molecule has 1 aliphatic carbocycles. The molecule has 1 atom stereocenters. The molecule has 1 fully saturated rings. The van der Waals surface area contributed by atoms with E-state index in [1.165, 1.54) is 16.9 Å². The van der Waals surface area contributed by atoms with E-state index in [-0.39, 0.29) is 23.7 Å². The highest BCUT2D eigenvalue weighted by Crippen LogP contribution is 2.37. The smallest absolute Gasteiger partial charge is 0.231 e. The van der Waals surface area contributed by atoms with Gasteiger partial charge in [0.05, 0.1) is 5.69 Å². The minimum absolute atomic E-state index is 0.00363. The summed E-state index contributed by atoms with van der Waals surface area (Å²) in [5, 5.41) is 2.73. The maximum atomic E-state index is 12.6. The molecule has 6 heteroatoms. The maximum absolute atomic E-state index is 12.6. The summed E-state index contributed by atoms with van der Waals surface area (Å²) in [5.74, 6) is 0.624. The average Bonchev–Trinajstić information content (AvgIpc) is 3.47. The summed E-state index contributed by atoms with van der Waals surface area (Å²) in [4.78, 5) is 33.3. The average molecular weight is 398 g/mol. The van der Waals surface area contributed by atoms with Crippen molar-refractivity contribution in [3.05, 3.63) is 29.1 Å². The van der Waals surface area contributed by atoms with E-state index in [2.05, 4.69) is 12.1 Å².